The van der Waals surface area contributed by atoms with Crippen LogP contribution in [0.25, 0.3) is 0 Å². The maximum Gasteiger partial charge on any atom is 0.313 e. The third-order valence-corrected chi connectivity index (χ3v) is 3.53. The van der Waals surface area contributed by atoms with Crippen molar-refractivity contribution >= 4 is 11.9 Å². The fraction of sp³-hybridized carbons (Fsp3) is 0.769. The van der Waals surface area contributed by atoms with E-state index in [2.05, 4.69) is 25.5 Å². The molecule has 1 heterocycles. The molecule has 0 spiro atoms. The summed E-state index contributed by atoms with van der Waals surface area (Å²) in [5.74, 6) is -0.300. The van der Waals surface area contributed by atoms with Gasteiger partial charge in [-0.3, -0.25) is 9.59 Å². The van der Waals surface area contributed by atoms with E-state index < -0.39 is 5.97 Å². The van der Waals surface area contributed by atoms with Crippen molar-refractivity contribution in [3.05, 3.63) is 5.82 Å². The lowest BCUT2D eigenvalue weighted by Gasteiger charge is -2.15. The van der Waals surface area contributed by atoms with Crippen LogP contribution in [-0.2, 0) is 27.3 Å². The number of hydrogen-bond acceptors (Lipinski definition) is 6. The van der Waals surface area contributed by atoms with Crippen molar-refractivity contribution in [2.45, 2.75) is 57.5 Å². The molecule has 1 aromatic rings. The minimum absolute atomic E-state index is 0.0185. The van der Waals surface area contributed by atoms with Gasteiger partial charge in [0.15, 0.2) is 5.82 Å². The molecule has 0 aliphatic heterocycles. The monoisotopic (exact) mass is 295 g/mol. The van der Waals surface area contributed by atoms with Crippen molar-refractivity contribution in [2.75, 3.05) is 7.11 Å². The van der Waals surface area contributed by atoms with E-state index in [1.807, 2.05) is 0 Å². The molecule has 1 fully saturated rings. The zero-order valence-corrected chi connectivity index (χ0v) is 12.2. The predicted octanol–water partition coefficient (Wildman–Crippen LogP) is 0.228. The van der Waals surface area contributed by atoms with Gasteiger partial charge in [0.25, 0.3) is 0 Å². The number of tetrazole rings is 1. The summed E-state index contributed by atoms with van der Waals surface area (Å²) in [5, 5.41) is 14.5. The van der Waals surface area contributed by atoms with Gasteiger partial charge in [-0.05, 0) is 18.1 Å². The molecule has 1 aromatic heterocycles. The molecule has 2 rings (SSSR count). The van der Waals surface area contributed by atoms with Gasteiger partial charge in [-0.15, -0.1) is 10.2 Å². The number of nitrogens with one attached hydrogen (secondary N) is 1. The number of carbonyl (C=O) groups is 2. The zero-order chi connectivity index (χ0) is 15.1. The second-order valence-corrected chi connectivity index (χ2v) is 5.24. The quantitative estimate of drug-likeness (QED) is 0.616. The Balaban J connectivity index is 1.80. The van der Waals surface area contributed by atoms with Crippen molar-refractivity contribution in [3.8, 4) is 0 Å². The first-order chi connectivity index (χ1) is 10.2. The predicted molar refractivity (Wildman–Crippen MR) is 73.2 cm³/mol. The summed E-state index contributed by atoms with van der Waals surface area (Å²) in [4.78, 5) is 24.2. The molecule has 0 radical (unpaired) electrons. The largest absolute Gasteiger partial charge is 0.469 e. The van der Waals surface area contributed by atoms with Gasteiger partial charge < -0.3 is 10.1 Å². The minimum atomic E-state index is -0.433. The van der Waals surface area contributed by atoms with Crippen LogP contribution >= 0.6 is 0 Å². The highest BCUT2D eigenvalue weighted by molar-refractivity contribution is 5.75. The van der Waals surface area contributed by atoms with Crippen LogP contribution in [0.15, 0.2) is 0 Å². The number of ether oxygens (including phenoxy) is 1. The Morgan fingerprint density at radius 2 is 2.00 bits per heavy atom. The van der Waals surface area contributed by atoms with Gasteiger partial charge in [-0.2, -0.15) is 4.80 Å². The van der Waals surface area contributed by atoms with E-state index in [4.69, 9.17) is 0 Å². The number of rotatable bonds is 5. The van der Waals surface area contributed by atoms with E-state index in [9.17, 15) is 9.59 Å². The molecule has 1 aliphatic carbocycles. The maximum atomic E-state index is 11.9. The molecule has 0 unspecified atom stereocenters. The van der Waals surface area contributed by atoms with Crippen LogP contribution in [0.4, 0.5) is 0 Å². The van der Waals surface area contributed by atoms with Gasteiger partial charge in [-0.25, -0.2) is 0 Å². The third-order valence-electron chi connectivity index (χ3n) is 3.53. The van der Waals surface area contributed by atoms with E-state index in [1.165, 1.54) is 24.7 Å². The van der Waals surface area contributed by atoms with Crippen molar-refractivity contribution < 1.29 is 14.3 Å². The molecule has 0 saturated heterocycles. The van der Waals surface area contributed by atoms with Crippen LogP contribution in [0.5, 0.6) is 0 Å². The number of nitrogens with zero attached hydrogens (tertiary/aromatic N) is 4. The molecule has 8 nitrogen and oxygen atoms in total. The molecule has 116 valence electrons. The fourth-order valence-electron chi connectivity index (χ4n) is 2.44. The summed E-state index contributed by atoms with van der Waals surface area (Å²) in [6.07, 6.45) is 6.84. The lowest BCUT2D eigenvalue weighted by atomic mass is 10.1. The maximum absolute atomic E-state index is 11.9. The molecule has 0 bridgehead atoms. The Morgan fingerprint density at radius 3 is 2.67 bits per heavy atom. The molecule has 1 N–H and O–H groups in total. The summed E-state index contributed by atoms with van der Waals surface area (Å²) in [5.41, 5.74) is 0. The Morgan fingerprint density at radius 1 is 1.29 bits per heavy atom. The lowest BCUT2D eigenvalue weighted by molar-refractivity contribution is -0.139. The number of hydrogen-bond donors (Lipinski definition) is 1. The Labute approximate surface area is 123 Å². The molecule has 8 heteroatoms. The Bertz CT molecular complexity index is 480. The summed E-state index contributed by atoms with van der Waals surface area (Å²) in [7, 11) is 1.30. The number of aromatic nitrogens is 4. The Hall–Kier alpha value is -1.99. The van der Waals surface area contributed by atoms with Gasteiger partial charge in [0.2, 0.25) is 5.91 Å². The van der Waals surface area contributed by atoms with Crippen LogP contribution in [0, 0.1) is 0 Å². The number of amides is 1. The average molecular weight is 295 g/mol. The van der Waals surface area contributed by atoms with Crippen molar-refractivity contribution in [1.82, 2.24) is 25.5 Å². The highest BCUT2D eigenvalue weighted by Gasteiger charge is 2.16. The van der Waals surface area contributed by atoms with Gasteiger partial charge >= 0.3 is 5.97 Å². The molecular formula is C13H21N5O3. The van der Waals surface area contributed by atoms with Gasteiger partial charge in [0.05, 0.1) is 7.11 Å². The van der Waals surface area contributed by atoms with Crippen LogP contribution in [0.3, 0.4) is 0 Å². The minimum Gasteiger partial charge on any atom is -0.469 e. The molecule has 1 saturated carbocycles. The standard InChI is InChI=1S/C13H21N5O3/c1-21-13(20)8-11-15-17-18(16-11)9-12(19)14-10-6-4-2-3-5-7-10/h10H,2-9H2,1H3,(H,14,19). The number of esters is 1. The first kappa shape index (κ1) is 15.4. The van der Waals surface area contributed by atoms with Gasteiger partial charge in [-0.1, -0.05) is 25.7 Å². The molecule has 0 aromatic carbocycles. The second kappa shape index (κ2) is 7.70. The first-order valence-electron chi connectivity index (χ1n) is 7.30. The SMILES string of the molecule is COC(=O)Cc1nnn(CC(=O)NC2CCCCCC2)n1. The highest BCUT2D eigenvalue weighted by Crippen LogP contribution is 2.17. The van der Waals surface area contributed by atoms with Crippen LogP contribution in [0.2, 0.25) is 0 Å². The fourth-order valence-corrected chi connectivity index (χ4v) is 2.44. The normalized spacial score (nSPS) is 16.2. The van der Waals surface area contributed by atoms with E-state index in [1.54, 1.807) is 0 Å². The van der Waals surface area contributed by atoms with Gasteiger partial charge in [0.1, 0.15) is 13.0 Å². The summed E-state index contributed by atoms with van der Waals surface area (Å²) < 4.78 is 4.52. The Kier molecular flexibility index (Phi) is 5.65. The van der Waals surface area contributed by atoms with E-state index in [0.717, 1.165) is 25.7 Å². The number of carbonyl (C=O) groups excluding carboxylic acids is 2. The smallest absolute Gasteiger partial charge is 0.313 e. The topological polar surface area (TPSA) is 99.0 Å². The van der Waals surface area contributed by atoms with Crippen LogP contribution in [-0.4, -0.2) is 45.2 Å². The molecule has 1 amide bonds. The zero-order valence-electron chi connectivity index (χ0n) is 12.2. The average Bonchev–Trinajstić information content (AvgIpc) is 2.72. The molecule has 21 heavy (non-hydrogen) atoms. The molecule has 1 aliphatic rings. The summed E-state index contributed by atoms with van der Waals surface area (Å²) >= 11 is 0. The van der Waals surface area contributed by atoms with Crippen molar-refractivity contribution in [2.24, 2.45) is 0 Å². The molecular weight excluding hydrogens is 274 g/mol. The highest BCUT2D eigenvalue weighted by atomic mass is 16.5. The van der Waals surface area contributed by atoms with E-state index >= 15 is 0 Å². The molecule has 0 atom stereocenters. The number of methoxy groups -OCH3 is 1. The first-order valence-corrected chi connectivity index (χ1v) is 7.30. The van der Waals surface area contributed by atoms with E-state index in [0.29, 0.717) is 0 Å². The summed E-state index contributed by atoms with van der Waals surface area (Å²) in [6, 6.07) is 0.248. The van der Waals surface area contributed by atoms with Crippen molar-refractivity contribution in [3.63, 3.8) is 0 Å². The summed E-state index contributed by atoms with van der Waals surface area (Å²) in [6.45, 7) is 0.0185. The second-order valence-electron chi connectivity index (χ2n) is 5.24. The van der Waals surface area contributed by atoms with Crippen LogP contribution < -0.4 is 5.32 Å². The lowest BCUT2D eigenvalue weighted by Crippen LogP contribution is -2.37. The third kappa shape index (κ3) is 5.13. The van der Waals surface area contributed by atoms with Gasteiger partial charge in [0, 0.05) is 6.04 Å². The van der Waals surface area contributed by atoms with E-state index in [-0.39, 0.29) is 30.7 Å². The van der Waals surface area contributed by atoms with Crippen molar-refractivity contribution in [1.29, 1.82) is 0 Å². The van der Waals surface area contributed by atoms with Crippen LogP contribution in [0.1, 0.15) is 44.3 Å².